The second kappa shape index (κ2) is 7.13. The van der Waals surface area contributed by atoms with Crippen molar-refractivity contribution < 1.29 is 14.3 Å². The van der Waals surface area contributed by atoms with Crippen LogP contribution in [-0.2, 0) is 4.57 Å². The number of nitrogens with zero attached hydrogens (tertiary/aromatic N) is 1. The third-order valence-electron chi connectivity index (χ3n) is 2.38. The van der Waals surface area contributed by atoms with E-state index in [-0.39, 0.29) is 17.0 Å². The van der Waals surface area contributed by atoms with Crippen LogP contribution in [0.3, 0.4) is 0 Å². The van der Waals surface area contributed by atoms with Gasteiger partial charge in [0.2, 0.25) is 0 Å². The first-order valence-corrected chi connectivity index (χ1v) is 5.64. The summed E-state index contributed by atoms with van der Waals surface area (Å²) in [6.45, 7) is 0. The van der Waals surface area contributed by atoms with Crippen molar-refractivity contribution in [3.63, 3.8) is 0 Å². The zero-order valence-electron chi connectivity index (χ0n) is 9.78. The monoisotopic (exact) mass is 275 g/mol. The third kappa shape index (κ3) is 3.53. The molecule has 0 saturated heterocycles. The summed E-state index contributed by atoms with van der Waals surface area (Å²) in [5, 5.41) is 10.8. The highest BCUT2D eigenvalue weighted by Crippen LogP contribution is 2.20. The molecular weight excluding hydrogens is 265 g/mol. The number of rotatable bonds is 3. The van der Waals surface area contributed by atoms with E-state index in [1.54, 1.807) is 51.6 Å². The highest BCUT2D eigenvalue weighted by atomic mass is 31.0. The van der Waals surface area contributed by atoms with E-state index in [1.807, 2.05) is 0 Å². The van der Waals surface area contributed by atoms with Gasteiger partial charge in [0.05, 0.1) is 4.92 Å². The predicted molar refractivity (Wildman–Crippen MR) is 72.0 cm³/mol. The molecule has 0 radical (unpaired) electrons. The molecular formula is C13H10NO4P. The Hall–Kier alpha value is -2.39. The summed E-state index contributed by atoms with van der Waals surface area (Å²) in [6.07, 6.45) is 0. The molecule has 0 amide bonds. The number of carbonyl (C=O) groups is 1. The van der Waals surface area contributed by atoms with Crippen LogP contribution in [0.5, 0.6) is 0 Å². The van der Waals surface area contributed by atoms with Crippen LogP contribution in [0.25, 0.3) is 0 Å². The first-order chi connectivity index (χ1) is 9.20. The van der Waals surface area contributed by atoms with Gasteiger partial charge in [0.25, 0.3) is 5.69 Å². The van der Waals surface area contributed by atoms with Gasteiger partial charge in [-0.15, -0.1) is 0 Å². The van der Waals surface area contributed by atoms with Crippen LogP contribution in [0, 0.1) is 10.1 Å². The van der Waals surface area contributed by atoms with Gasteiger partial charge < -0.3 is 0 Å². The maximum absolute atomic E-state index is 12.1. The lowest BCUT2D eigenvalue weighted by atomic mass is 10.0. The summed E-state index contributed by atoms with van der Waals surface area (Å²) in [4.78, 5) is 22.3. The van der Waals surface area contributed by atoms with Gasteiger partial charge in [0.15, 0.2) is 5.78 Å². The maximum atomic E-state index is 12.1. The number of carbonyl (C=O) groups excluding carboxylic acids is 1. The zero-order valence-corrected chi connectivity index (χ0v) is 10.8. The lowest BCUT2D eigenvalue weighted by Gasteiger charge is -2.01. The van der Waals surface area contributed by atoms with Crippen LogP contribution >= 0.6 is 9.12 Å². The Bertz CT molecular complexity index is 586. The van der Waals surface area contributed by atoms with E-state index < -0.39 is 4.92 Å². The Balaban J connectivity index is 0.000000861. The van der Waals surface area contributed by atoms with Crippen LogP contribution in [0.4, 0.5) is 5.69 Å². The molecule has 2 aromatic carbocycles. The topological polar surface area (TPSA) is 77.3 Å². The summed E-state index contributed by atoms with van der Waals surface area (Å²) in [6, 6.07) is 14.5. The average molecular weight is 275 g/mol. The van der Waals surface area contributed by atoms with Gasteiger partial charge in [-0.25, -0.2) is 0 Å². The van der Waals surface area contributed by atoms with Gasteiger partial charge in [0.1, 0.15) is 14.7 Å². The van der Waals surface area contributed by atoms with Crippen molar-refractivity contribution in [3.05, 3.63) is 75.8 Å². The molecule has 2 aromatic rings. The van der Waals surface area contributed by atoms with Crippen LogP contribution in [-0.4, -0.2) is 10.7 Å². The van der Waals surface area contributed by atoms with E-state index in [4.69, 9.17) is 4.57 Å². The molecule has 19 heavy (non-hydrogen) atoms. The van der Waals surface area contributed by atoms with E-state index >= 15 is 0 Å². The number of nitro groups is 1. The molecule has 0 aliphatic carbocycles. The summed E-state index contributed by atoms with van der Waals surface area (Å²) in [5.74, 6) is -0.335. The molecule has 0 bridgehead atoms. The summed E-state index contributed by atoms with van der Waals surface area (Å²) >= 11 is 0. The van der Waals surface area contributed by atoms with Crippen molar-refractivity contribution in [3.8, 4) is 0 Å². The van der Waals surface area contributed by atoms with Crippen LogP contribution in [0.1, 0.15) is 15.9 Å². The molecule has 0 saturated carbocycles. The second-order valence-corrected chi connectivity index (χ2v) is 3.47. The van der Waals surface area contributed by atoms with E-state index in [1.165, 1.54) is 12.1 Å². The van der Waals surface area contributed by atoms with Crippen LogP contribution < -0.4 is 0 Å². The molecule has 0 N–H and O–H groups in total. The molecule has 6 heteroatoms. The zero-order chi connectivity index (χ0) is 14.3. The molecule has 0 atom stereocenters. The second-order valence-electron chi connectivity index (χ2n) is 3.47. The Morgan fingerprint density at radius 1 is 0.947 bits per heavy atom. The molecule has 0 aromatic heterocycles. The first-order valence-electron chi connectivity index (χ1n) is 5.24. The quantitative estimate of drug-likeness (QED) is 0.372. The Labute approximate surface area is 111 Å². The first kappa shape index (κ1) is 14.7. The minimum absolute atomic E-state index is 0.115. The van der Waals surface area contributed by atoms with Crippen molar-refractivity contribution in [1.82, 2.24) is 0 Å². The van der Waals surface area contributed by atoms with E-state index in [2.05, 4.69) is 0 Å². The average Bonchev–Trinajstić information content (AvgIpc) is 2.49. The fraction of sp³-hybridized carbons (Fsp3) is 0. The van der Waals surface area contributed by atoms with Gasteiger partial charge in [-0.05, 0) is 6.07 Å². The van der Waals surface area contributed by atoms with Gasteiger partial charge in [-0.2, -0.15) is 0 Å². The number of nitro benzene ring substituents is 1. The molecule has 0 aliphatic rings. The molecule has 0 spiro atoms. The summed E-state index contributed by atoms with van der Waals surface area (Å²) in [5.41, 5.74) is 0.395. The standard InChI is InChI=1S/C13H9NO3.HOP/c15-13(10-6-2-1-3-7-10)11-8-4-5-9-12(11)14(16)17;1-2/h1-9H;2H. The largest absolute Gasteiger partial charge is 0.288 e. The Morgan fingerprint density at radius 2 is 1.47 bits per heavy atom. The number of ketones is 1. The summed E-state index contributed by atoms with van der Waals surface area (Å²) in [7, 11) is 1.72. The fourth-order valence-corrected chi connectivity index (χ4v) is 1.57. The van der Waals surface area contributed by atoms with Crippen molar-refractivity contribution in [2.45, 2.75) is 0 Å². The number of benzene rings is 2. The lowest BCUT2D eigenvalue weighted by molar-refractivity contribution is -0.385. The summed E-state index contributed by atoms with van der Waals surface area (Å²) < 4.78 is 8.06. The van der Waals surface area contributed by atoms with E-state index in [0.717, 1.165) is 0 Å². The fourth-order valence-electron chi connectivity index (χ4n) is 1.57. The minimum atomic E-state index is -0.545. The predicted octanol–water partition coefficient (Wildman–Crippen LogP) is 3.30. The van der Waals surface area contributed by atoms with Crippen LogP contribution in [0.2, 0.25) is 0 Å². The number of hydrogen-bond acceptors (Lipinski definition) is 4. The van der Waals surface area contributed by atoms with Gasteiger partial charge >= 0.3 is 0 Å². The Morgan fingerprint density at radius 3 is 2.05 bits per heavy atom. The van der Waals surface area contributed by atoms with Gasteiger partial charge in [-0.3, -0.25) is 19.5 Å². The van der Waals surface area contributed by atoms with Crippen molar-refractivity contribution in [1.29, 1.82) is 0 Å². The van der Waals surface area contributed by atoms with Crippen molar-refractivity contribution >= 4 is 20.6 Å². The van der Waals surface area contributed by atoms with Crippen molar-refractivity contribution in [2.75, 3.05) is 0 Å². The molecule has 5 nitrogen and oxygen atoms in total. The van der Waals surface area contributed by atoms with E-state index in [9.17, 15) is 14.9 Å². The van der Waals surface area contributed by atoms with Gasteiger partial charge in [-0.1, -0.05) is 42.5 Å². The molecule has 0 aliphatic heterocycles. The number of para-hydroxylation sites is 1. The third-order valence-corrected chi connectivity index (χ3v) is 2.38. The maximum Gasteiger partial charge on any atom is 0.280 e. The lowest BCUT2D eigenvalue weighted by Crippen LogP contribution is -2.04. The normalized spacial score (nSPS) is 9.05. The van der Waals surface area contributed by atoms with Crippen molar-refractivity contribution in [2.24, 2.45) is 0 Å². The smallest absolute Gasteiger partial charge is 0.280 e. The van der Waals surface area contributed by atoms with E-state index in [0.29, 0.717) is 5.56 Å². The van der Waals surface area contributed by atoms with Gasteiger partial charge in [0, 0.05) is 11.6 Å². The highest BCUT2D eigenvalue weighted by Gasteiger charge is 2.19. The molecule has 2 rings (SSSR count). The highest BCUT2D eigenvalue weighted by molar-refractivity contribution is 7.00. The SMILES string of the molecule is O=C(c1ccccc1)c1ccccc1[N+](=O)[O-].O=P. The molecule has 0 heterocycles. The molecule has 96 valence electrons. The minimum Gasteiger partial charge on any atom is -0.288 e. The molecule has 0 unspecified atom stereocenters. The van der Waals surface area contributed by atoms with Crippen LogP contribution in [0.15, 0.2) is 54.6 Å². The molecule has 0 fully saturated rings. The number of hydrogen-bond donors (Lipinski definition) is 0. The Kier molecular flexibility index (Phi) is 5.51.